The average molecular weight is 161 g/mol. The van der Waals surface area contributed by atoms with Crippen molar-refractivity contribution in [1.29, 1.82) is 0 Å². The zero-order chi connectivity index (χ0) is 8.43. The Morgan fingerprint density at radius 1 is 1.64 bits per heavy atom. The minimum atomic E-state index is -1.08. The summed E-state index contributed by atoms with van der Waals surface area (Å²) in [5.74, 6) is 0. The number of aliphatic hydroxyl groups is 2. The highest BCUT2D eigenvalue weighted by molar-refractivity contribution is 5.66. The van der Waals surface area contributed by atoms with Gasteiger partial charge in [0, 0.05) is 0 Å². The van der Waals surface area contributed by atoms with E-state index in [0.29, 0.717) is 6.42 Å². The highest BCUT2D eigenvalue weighted by atomic mass is 16.4. The van der Waals surface area contributed by atoms with Gasteiger partial charge in [-0.3, -0.25) is 0 Å². The van der Waals surface area contributed by atoms with Gasteiger partial charge in [0.1, 0.15) is 0 Å². The first-order valence-electron chi connectivity index (χ1n) is 3.43. The fraction of sp³-hybridized carbons (Fsp3) is 0.833. The Labute approximate surface area is 63.9 Å². The molecule has 0 aromatic rings. The Bertz CT molecular complexity index is 161. The summed E-state index contributed by atoms with van der Waals surface area (Å²) in [6.07, 6.45) is -1.37. The number of hydrogen-bond acceptors (Lipinski definition) is 3. The SMILES string of the molecule is O=C(O)N1CC(O)C[C@H]1CO. The first-order valence-corrected chi connectivity index (χ1v) is 3.43. The van der Waals surface area contributed by atoms with Gasteiger partial charge in [0.15, 0.2) is 0 Å². The number of β-amino-alcohol motifs (C(OH)–C–C–N with tert-alkyl or cyclic N) is 1. The van der Waals surface area contributed by atoms with Crippen LogP contribution in [0.4, 0.5) is 4.79 Å². The summed E-state index contributed by atoms with van der Waals surface area (Å²) in [7, 11) is 0. The number of likely N-dealkylation sites (tertiary alicyclic amines) is 1. The molecule has 1 aliphatic heterocycles. The lowest BCUT2D eigenvalue weighted by molar-refractivity contribution is 0.115. The van der Waals surface area contributed by atoms with E-state index in [1.54, 1.807) is 0 Å². The van der Waals surface area contributed by atoms with E-state index in [1.165, 1.54) is 0 Å². The molecule has 5 nitrogen and oxygen atoms in total. The van der Waals surface area contributed by atoms with Gasteiger partial charge in [-0.15, -0.1) is 0 Å². The maximum absolute atomic E-state index is 10.4. The molecule has 64 valence electrons. The Hall–Kier alpha value is -0.810. The Morgan fingerprint density at radius 3 is 2.64 bits per heavy atom. The maximum Gasteiger partial charge on any atom is 0.407 e. The lowest BCUT2D eigenvalue weighted by atomic mass is 10.2. The third kappa shape index (κ3) is 1.61. The minimum absolute atomic E-state index is 0.112. The molecule has 2 atom stereocenters. The lowest BCUT2D eigenvalue weighted by Crippen LogP contribution is -2.36. The third-order valence-electron chi connectivity index (χ3n) is 1.85. The van der Waals surface area contributed by atoms with Gasteiger partial charge in [0.25, 0.3) is 0 Å². The Morgan fingerprint density at radius 2 is 2.27 bits per heavy atom. The summed E-state index contributed by atoms with van der Waals surface area (Å²) in [6, 6.07) is -0.428. The van der Waals surface area contributed by atoms with E-state index >= 15 is 0 Å². The highest BCUT2D eigenvalue weighted by Crippen LogP contribution is 2.16. The molecule has 0 radical (unpaired) electrons. The Kier molecular flexibility index (Phi) is 2.31. The van der Waals surface area contributed by atoms with Gasteiger partial charge < -0.3 is 20.2 Å². The zero-order valence-electron chi connectivity index (χ0n) is 5.97. The van der Waals surface area contributed by atoms with Crippen LogP contribution in [0.5, 0.6) is 0 Å². The van der Waals surface area contributed by atoms with Gasteiger partial charge in [-0.2, -0.15) is 0 Å². The molecule has 1 amide bonds. The van der Waals surface area contributed by atoms with Crippen molar-refractivity contribution in [3.05, 3.63) is 0 Å². The van der Waals surface area contributed by atoms with Crippen molar-refractivity contribution in [3.63, 3.8) is 0 Å². The van der Waals surface area contributed by atoms with Crippen LogP contribution in [-0.2, 0) is 0 Å². The van der Waals surface area contributed by atoms with Crippen LogP contribution in [0.15, 0.2) is 0 Å². The predicted molar refractivity (Wildman–Crippen MR) is 36.2 cm³/mol. The average Bonchev–Trinajstić information content (AvgIpc) is 2.30. The Balaban J connectivity index is 2.57. The second-order valence-electron chi connectivity index (χ2n) is 2.66. The molecule has 0 bridgehead atoms. The first kappa shape index (κ1) is 8.29. The number of nitrogens with zero attached hydrogens (tertiary/aromatic N) is 1. The largest absolute Gasteiger partial charge is 0.465 e. The van der Waals surface area contributed by atoms with E-state index in [2.05, 4.69) is 0 Å². The maximum atomic E-state index is 10.4. The van der Waals surface area contributed by atoms with Gasteiger partial charge in [-0.25, -0.2) is 4.79 Å². The minimum Gasteiger partial charge on any atom is -0.465 e. The van der Waals surface area contributed by atoms with Gasteiger partial charge in [-0.05, 0) is 6.42 Å². The molecular weight excluding hydrogens is 150 g/mol. The third-order valence-corrected chi connectivity index (χ3v) is 1.85. The number of rotatable bonds is 1. The zero-order valence-corrected chi connectivity index (χ0v) is 5.97. The van der Waals surface area contributed by atoms with Crippen LogP contribution >= 0.6 is 0 Å². The van der Waals surface area contributed by atoms with Crippen molar-refractivity contribution < 1.29 is 20.1 Å². The second kappa shape index (κ2) is 3.06. The van der Waals surface area contributed by atoms with Crippen molar-refractivity contribution in [2.24, 2.45) is 0 Å². The molecule has 1 heterocycles. The van der Waals surface area contributed by atoms with E-state index < -0.39 is 18.2 Å². The highest BCUT2D eigenvalue weighted by Gasteiger charge is 2.33. The van der Waals surface area contributed by atoms with Gasteiger partial charge >= 0.3 is 6.09 Å². The van der Waals surface area contributed by atoms with Crippen molar-refractivity contribution >= 4 is 6.09 Å². The molecule has 1 fully saturated rings. The van der Waals surface area contributed by atoms with Crippen LogP contribution in [0.1, 0.15) is 6.42 Å². The van der Waals surface area contributed by atoms with Crippen LogP contribution < -0.4 is 0 Å². The van der Waals surface area contributed by atoms with E-state index in [-0.39, 0.29) is 13.2 Å². The quantitative estimate of drug-likeness (QED) is 0.465. The number of hydrogen-bond donors (Lipinski definition) is 3. The monoisotopic (exact) mass is 161 g/mol. The standard InChI is InChI=1S/C6H11NO4/c8-3-4-1-5(9)2-7(4)6(10)11/h4-5,8-9H,1-3H2,(H,10,11)/t4-,5?/m0/s1. The molecule has 0 aliphatic carbocycles. The molecule has 0 aromatic carbocycles. The summed E-state index contributed by atoms with van der Waals surface area (Å²) in [5.41, 5.74) is 0. The molecule has 1 unspecified atom stereocenters. The number of aliphatic hydroxyl groups excluding tert-OH is 2. The van der Waals surface area contributed by atoms with Crippen molar-refractivity contribution in [1.82, 2.24) is 4.90 Å². The fourth-order valence-corrected chi connectivity index (χ4v) is 1.30. The number of carbonyl (C=O) groups is 1. The molecule has 1 aliphatic rings. The van der Waals surface area contributed by atoms with Crippen molar-refractivity contribution in [2.45, 2.75) is 18.6 Å². The molecule has 1 rings (SSSR count). The molecular formula is C6H11NO4. The van der Waals surface area contributed by atoms with E-state index in [9.17, 15) is 4.79 Å². The summed E-state index contributed by atoms with van der Waals surface area (Å²) in [4.78, 5) is 11.5. The lowest BCUT2D eigenvalue weighted by Gasteiger charge is -2.17. The van der Waals surface area contributed by atoms with Crippen LogP contribution in [0.25, 0.3) is 0 Å². The van der Waals surface area contributed by atoms with Gasteiger partial charge in [-0.1, -0.05) is 0 Å². The summed E-state index contributed by atoms with van der Waals surface area (Å²) < 4.78 is 0. The smallest absolute Gasteiger partial charge is 0.407 e. The second-order valence-corrected chi connectivity index (χ2v) is 2.66. The first-order chi connectivity index (χ1) is 5.15. The summed E-state index contributed by atoms with van der Waals surface area (Å²) in [5, 5.41) is 26.3. The molecule has 3 N–H and O–H groups in total. The summed E-state index contributed by atoms with van der Waals surface area (Å²) >= 11 is 0. The van der Waals surface area contributed by atoms with Crippen LogP contribution in [-0.4, -0.2) is 51.6 Å². The van der Waals surface area contributed by atoms with E-state index in [4.69, 9.17) is 15.3 Å². The van der Waals surface area contributed by atoms with Gasteiger partial charge in [0.05, 0.1) is 25.3 Å². The van der Waals surface area contributed by atoms with Gasteiger partial charge in [0.2, 0.25) is 0 Å². The summed E-state index contributed by atoms with van der Waals surface area (Å²) in [6.45, 7) is -0.107. The van der Waals surface area contributed by atoms with E-state index in [0.717, 1.165) is 4.90 Å². The van der Waals surface area contributed by atoms with Crippen molar-refractivity contribution in [3.8, 4) is 0 Å². The fourth-order valence-electron chi connectivity index (χ4n) is 1.30. The van der Waals surface area contributed by atoms with Crippen LogP contribution in [0.3, 0.4) is 0 Å². The normalized spacial score (nSPS) is 30.9. The molecule has 0 saturated carbocycles. The van der Waals surface area contributed by atoms with E-state index in [1.807, 2.05) is 0 Å². The predicted octanol–water partition coefficient (Wildman–Crippen LogP) is -0.908. The number of amides is 1. The number of carboxylic acid groups (broad SMARTS) is 1. The topological polar surface area (TPSA) is 81.0 Å². The van der Waals surface area contributed by atoms with Crippen LogP contribution in [0, 0.1) is 0 Å². The van der Waals surface area contributed by atoms with Crippen molar-refractivity contribution in [2.75, 3.05) is 13.2 Å². The molecule has 0 aromatic heterocycles. The molecule has 11 heavy (non-hydrogen) atoms. The molecule has 1 saturated heterocycles. The van der Waals surface area contributed by atoms with Crippen LogP contribution in [0.2, 0.25) is 0 Å². The molecule has 0 spiro atoms. The molecule has 5 heteroatoms.